The van der Waals surface area contributed by atoms with E-state index in [0.717, 1.165) is 5.56 Å². The molecule has 0 saturated heterocycles. The Kier molecular flexibility index (Phi) is 5.40. The predicted octanol–water partition coefficient (Wildman–Crippen LogP) is 2.25. The molecule has 0 aliphatic carbocycles. The fourth-order valence-electron chi connectivity index (χ4n) is 2.60. The number of fused-ring (bicyclic) bond motifs is 1. The molecule has 2 aromatic rings. The van der Waals surface area contributed by atoms with E-state index in [-0.39, 0.29) is 24.7 Å². The Morgan fingerprint density at radius 3 is 2.76 bits per heavy atom. The topological polar surface area (TPSA) is 82.8 Å². The molecule has 1 aliphatic rings. The van der Waals surface area contributed by atoms with E-state index in [0.29, 0.717) is 30.4 Å². The van der Waals surface area contributed by atoms with Gasteiger partial charge in [0.25, 0.3) is 0 Å². The molecule has 2 aromatic carbocycles. The van der Waals surface area contributed by atoms with E-state index < -0.39 is 0 Å². The van der Waals surface area contributed by atoms with Crippen molar-refractivity contribution >= 4 is 5.91 Å². The molecule has 6 heteroatoms. The van der Waals surface area contributed by atoms with Gasteiger partial charge in [-0.25, -0.2) is 0 Å². The molecule has 0 fully saturated rings. The van der Waals surface area contributed by atoms with Gasteiger partial charge in [-0.3, -0.25) is 4.79 Å². The van der Waals surface area contributed by atoms with Crippen LogP contribution in [0.25, 0.3) is 0 Å². The Morgan fingerprint density at radius 1 is 1.20 bits per heavy atom. The zero-order valence-corrected chi connectivity index (χ0v) is 14.1. The van der Waals surface area contributed by atoms with Crippen molar-refractivity contribution in [3.8, 4) is 17.2 Å². The minimum atomic E-state index is -0.337. The van der Waals surface area contributed by atoms with E-state index in [1.807, 2.05) is 43.3 Å². The summed E-state index contributed by atoms with van der Waals surface area (Å²) < 4.78 is 16.2. The fraction of sp³-hybridized carbons (Fsp3) is 0.316. The van der Waals surface area contributed by atoms with Crippen LogP contribution in [0, 0.1) is 5.92 Å². The van der Waals surface area contributed by atoms with E-state index in [9.17, 15) is 4.79 Å². The van der Waals surface area contributed by atoms with Crippen LogP contribution < -0.4 is 25.3 Å². The molecule has 2 unspecified atom stereocenters. The number of hydrogen-bond acceptors (Lipinski definition) is 5. The first kappa shape index (κ1) is 17.1. The molecule has 1 heterocycles. The first-order chi connectivity index (χ1) is 12.1. The van der Waals surface area contributed by atoms with Crippen molar-refractivity contribution in [1.29, 1.82) is 0 Å². The Hall–Kier alpha value is -2.73. The van der Waals surface area contributed by atoms with Crippen molar-refractivity contribution in [3.63, 3.8) is 0 Å². The molecule has 132 valence electrons. The van der Waals surface area contributed by atoms with Crippen LogP contribution in [-0.2, 0) is 4.79 Å². The normalized spacial score (nSPS) is 14.6. The average Bonchev–Trinajstić information content (AvgIpc) is 3.12. The van der Waals surface area contributed by atoms with Crippen LogP contribution in [-0.4, -0.2) is 25.9 Å². The Bertz CT molecular complexity index is 721. The molecule has 3 rings (SSSR count). The molecule has 3 N–H and O–H groups in total. The average molecular weight is 342 g/mol. The third-order valence-electron chi connectivity index (χ3n) is 4.15. The van der Waals surface area contributed by atoms with Gasteiger partial charge in [0.15, 0.2) is 11.5 Å². The number of rotatable bonds is 7. The highest BCUT2D eigenvalue weighted by atomic mass is 16.7. The SMILES string of the molecule is CC(C(=O)NCCOc1ccc2c(c1)OCO2)C(N)c1ccccc1. The molecule has 0 radical (unpaired) electrons. The van der Waals surface area contributed by atoms with Gasteiger partial charge in [-0.15, -0.1) is 0 Å². The summed E-state index contributed by atoms with van der Waals surface area (Å²) in [6.45, 7) is 2.82. The lowest BCUT2D eigenvalue weighted by molar-refractivity contribution is -0.125. The second-order valence-corrected chi connectivity index (χ2v) is 5.88. The van der Waals surface area contributed by atoms with Crippen LogP contribution in [0.1, 0.15) is 18.5 Å². The van der Waals surface area contributed by atoms with Crippen molar-refractivity contribution in [2.75, 3.05) is 19.9 Å². The van der Waals surface area contributed by atoms with E-state index in [1.54, 1.807) is 12.1 Å². The maximum absolute atomic E-state index is 12.2. The molecule has 6 nitrogen and oxygen atoms in total. The quantitative estimate of drug-likeness (QED) is 0.754. The summed E-state index contributed by atoms with van der Waals surface area (Å²) in [4.78, 5) is 12.2. The summed E-state index contributed by atoms with van der Waals surface area (Å²) in [5.74, 6) is 1.64. The minimum Gasteiger partial charge on any atom is -0.492 e. The number of carbonyl (C=O) groups excluding carboxylic acids is 1. The van der Waals surface area contributed by atoms with Crippen LogP contribution in [0.15, 0.2) is 48.5 Å². The highest BCUT2D eigenvalue weighted by molar-refractivity contribution is 5.79. The molecule has 2 atom stereocenters. The molecule has 0 saturated carbocycles. The fourth-order valence-corrected chi connectivity index (χ4v) is 2.60. The van der Waals surface area contributed by atoms with Gasteiger partial charge in [0.1, 0.15) is 12.4 Å². The Morgan fingerprint density at radius 2 is 1.96 bits per heavy atom. The standard InChI is InChI=1S/C19H22N2O4/c1-13(18(20)14-5-3-2-4-6-14)19(22)21-9-10-23-15-7-8-16-17(11-15)25-12-24-16/h2-8,11,13,18H,9-10,12,20H2,1H3,(H,21,22). The smallest absolute Gasteiger partial charge is 0.231 e. The lowest BCUT2D eigenvalue weighted by atomic mass is 9.95. The van der Waals surface area contributed by atoms with Gasteiger partial charge in [-0.05, 0) is 17.7 Å². The Labute approximate surface area is 146 Å². The van der Waals surface area contributed by atoms with Gasteiger partial charge in [-0.2, -0.15) is 0 Å². The van der Waals surface area contributed by atoms with Crippen molar-refractivity contribution in [2.24, 2.45) is 11.7 Å². The van der Waals surface area contributed by atoms with Gasteiger partial charge in [0.05, 0.1) is 12.5 Å². The van der Waals surface area contributed by atoms with Crippen molar-refractivity contribution in [3.05, 3.63) is 54.1 Å². The summed E-state index contributed by atoms with van der Waals surface area (Å²) in [5, 5.41) is 2.86. The van der Waals surface area contributed by atoms with Crippen LogP contribution in [0.5, 0.6) is 17.2 Å². The Balaban J connectivity index is 1.43. The number of benzene rings is 2. The lowest BCUT2D eigenvalue weighted by Gasteiger charge is -2.19. The molecule has 25 heavy (non-hydrogen) atoms. The largest absolute Gasteiger partial charge is 0.492 e. The zero-order chi connectivity index (χ0) is 17.6. The number of nitrogens with two attached hydrogens (primary N) is 1. The van der Waals surface area contributed by atoms with E-state index in [2.05, 4.69) is 5.32 Å². The minimum absolute atomic E-state index is 0.0920. The number of ether oxygens (including phenoxy) is 3. The van der Waals surface area contributed by atoms with Gasteiger partial charge >= 0.3 is 0 Å². The van der Waals surface area contributed by atoms with E-state index in [1.165, 1.54) is 0 Å². The van der Waals surface area contributed by atoms with Crippen molar-refractivity contribution < 1.29 is 19.0 Å². The summed E-state index contributed by atoms with van der Waals surface area (Å²) in [6.07, 6.45) is 0. The second-order valence-electron chi connectivity index (χ2n) is 5.88. The molecule has 1 amide bonds. The molecule has 0 aromatic heterocycles. The molecule has 0 bridgehead atoms. The highest BCUT2D eigenvalue weighted by Gasteiger charge is 2.21. The number of amides is 1. The van der Waals surface area contributed by atoms with Crippen LogP contribution in [0.3, 0.4) is 0 Å². The molecular weight excluding hydrogens is 320 g/mol. The maximum Gasteiger partial charge on any atom is 0.231 e. The monoisotopic (exact) mass is 342 g/mol. The van der Waals surface area contributed by atoms with E-state index >= 15 is 0 Å². The third kappa shape index (κ3) is 4.22. The predicted molar refractivity (Wildman–Crippen MR) is 93.6 cm³/mol. The number of nitrogens with one attached hydrogen (secondary N) is 1. The lowest BCUT2D eigenvalue weighted by Crippen LogP contribution is -2.37. The first-order valence-electron chi connectivity index (χ1n) is 8.26. The zero-order valence-electron chi connectivity index (χ0n) is 14.1. The first-order valence-corrected chi connectivity index (χ1v) is 8.26. The van der Waals surface area contributed by atoms with Gasteiger partial charge in [-0.1, -0.05) is 37.3 Å². The van der Waals surface area contributed by atoms with Gasteiger partial charge in [0, 0.05) is 12.1 Å². The van der Waals surface area contributed by atoms with Crippen molar-refractivity contribution in [2.45, 2.75) is 13.0 Å². The summed E-state index contributed by atoms with van der Waals surface area (Å²) >= 11 is 0. The molecule has 0 spiro atoms. The summed E-state index contributed by atoms with van der Waals surface area (Å²) in [6, 6.07) is 14.7. The second kappa shape index (κ2) is 7.90. The number of hydrogen-bond donors (Lipinski definition) is 2. The van der Waals surface area contributed by atoms with Gasteiger partial charge in [0.2, 0.25) is 12.7 Å². The molecule has 1 aliphatic heterocycles. The van der Waals surface area contributed by atoms with Crippen LogP contribution in [0.4, 0.5) is 0 Å². The highest BCUT2D eigenvalue weighted by Crippen LogP contribution is 2.34. The van der Waals surface area contributed by atoms with Crippen LogP contribution in [0.2, 0.25) is 0 Å². The van der Waals surface area contributed by atoms with Crippen molar-refractivity contribution in [1.82, 2.24) is 5.32 Å². The van der Waals surface area contributed by atoms with E-state index in [4.69, 9.17) is 19.9 Å². The van der Waals surface area contributed by atoms with Crippen LogP contribution >= 0.6 is 0 Å². The third-order valence-corrected chi connectivity index (χ3v) is 4.15. The maximum atomic E-state index is 12.2. The summed E-state index contributed by atoms with van der Waals surface area (Å²) in [7, 11) is 0. The molecular formula is C19H22N2O4. The van der Waals surface area contributed by atoms with Gasteiger partial charge < -0.3 is 25.3 Å². The summed E-state index contributed by atoms with van der Waals surface area (Å²) in [5.41, 5.74) is 7.12. The number of carbonyl (C=O) groups is 1.